The summed E-state index contributed by atoms with van der Waals surface area (Å²) in [7, 11) is 0. The maximum Gasteiger partial charge on any atom is 0.0222 e. The van der Waals surface area contributed by atoms with Crippen molar-refractivity contribution in [2.75, 3.05) is 0 Å². The Labute approximate surface area is 141 Å². The summed E-state index contributed by atoms with van der Waals surface area (Å²) >= 11 is 0. The molecule has 0 aromatic heterocycles. The van der Waals surface area contributed by atoms with Crippen molar-refractivity contribution in [1.82, 2.24) is 0 Å². The van der Waals surface area contributed by atoms with Crippen LogP contribution in [0.2, 0.25) is 0 Å². The van der Waals surface area contributed by atoms with E-state index in [9.17, 15) is 0 Å². The number of fused-ring (bicyclic) bond motifs is 3. The highest BCUT2D eigenvalue weighted by atomic mass is 14.6. The summed E-state index contributed by atoms with van der Waals surface area (Å²) in [6, 6.07) is 7.00. The average molecular weight is 306 g/mol. The van der Waals surface area contributed by atoms with Gasteiger partial charge in [0, 0.05) is 5.41 Å². The number of allylic oxidation sites excluding steroid dienone is 4. The lowest BCUT2D eigenvalue weighted by molar-refractivity contribution is 0.308. The highest BCUT2D eigenvalue weighted by Crippen LogP contribution is 2.66. The summed E-state index contributed by atoms with van der Waals surface area (Å²) < 4.78 is 0. The number of benzene rings is 1. The molecule has 0 fully saturated rings. The standard InChI is InChI=1S/C23H30/c1-15-9-7-11-17-19(15)21(3,4)13-23(17)14-22(5,6)20-16(2)10-8-12-18(20)23/h7-9,11-12,16H,10,13-14H2,1-6H3. The van der Waals surface area contributed by atoms with Gasteiger partial charge in [-0.1, -0.05) is 70.5 Å². The Balaban J connectivity index is 2.02. The minimum atomic E-state index is 0.245. The van der Waals surface area contributed by atoms with E-state index in [1.807, 2.05) is 0 Å². The zero-order chi connectivity index (χ0) is 16.6. The Bertz CT molecular complexity index is 741. The average Bonchev–Trinajstić information content (AvgIpc) is 2.80. The molecule has 122 valence electrons. The summed E-state index contributed by atoms with van der Waals surface area (Å²) in [6.07, 6.45) is 8.66. The highest BCUT2D eigenvalue weighted by molar-refractivity contribution is 5.61. The van der Waals surface area contributed by atoms with Crippen molar-refractivity contribution in [2.45, 2.75) is 71.6 Å². The zero-order valence-electron chi connectivity index (χ0n) is 15.6. The smallest absolute Gasteiger partial charge is 0.0222 e. The van der Waals surface area contributed by atoms with Gasteiger partial charge in [0.15, 0.2) is 0 Å². The van der Waals surface area contributed by atoms with Crippen molar-refractivity contribution >= 4 is 0 Å². The summed E-state index contributed by atoms with van der Waals surface area (Å²) in [4.78, 5) is 0. The normalized spacial score (nSPS) is 33.2. The maximum atomic E-state index is 2.48. The van der Waals surface area contributed by atoms with E-state index in [1.165, 1.54) is 24.8 Å². The first-order valence-electron chi connectivity index (χ1n) is 9.21. The molecule has 0 saturated heterocycles. The molecule has 3 aliphatic carbocycles. The van der Waals surface area contributed by atoms with Crippen LogP contribution in [0.3, 0.4) is 0 Å². The molecule has 0 aliphatic heterocycles. The van der Waals surface area contributed by atoms with Crippen molar-refractivity contribution in [3.05, 3.63) is 58.2 Å². The van der Waals surface area contributed by atoms with Crippen molar-refractivity contribution < 1.29 is 0 Å². The van der Waals surface area contributed by atoms with Gasteiger partial charge in [-0.05, 0) is 65.2 Å². The Hall–Kier alpha value is -1.30. The molecule has 0 N–H and O–H groups in total. The second-order valence-electron chi connectivity index (χ2n) is 9.57. The quantitative estimate of drug-likeness (QED) is 0.532. The van der Waals surface area contributed by atoms with Crippen molar-refractivity contribution in [2.24, 2.45) is 11.3 Å². The lowest BCUT2D eigenvalue weighted by Gasteiger charge is -2.32. The maximum absolute atomic E-state index is 2.48. The number of rotatable bonds is 0. The minimum Gasteiger partial charge on any atom is -0.0836 e. The summed E-state index contributed by atoms with van der Waals surface area (Å²) in [5.74, 6) is 0.696. The fraction of sp³-hybridized carbons (Fsp3) is 0.565. The number of aryl methyl sites for hydroxylation is 1. The van der Waals surface area contributed by atoms with Crippen LogP contribution in [0.25, 0.3) is 0 Å². The van der Waals surface area contributed by atoms with Crippen LogP contribution in [0.5, 0.6) is 0 Å². The molecule has 4 rings (SSSR count). The van der Waals surface area contributed by atoms with E-state index in [-0.39, 0.29) is 10.8 Å². The van der Waals surface area contributed by atoms with E-state index in [0.717, 1.165) is 0 Å². The van der Waals surface area contributed by atoms with Crippen LogP contribution in [-0.4, -0.2) is 0 Å². The summed E-state index contributed by atoms with van der Waals surface area (Å²) in [6.45, 7) is 14.6. The highest BCUT2D eigenvalue weighted by Gasteiger charge is 2.57. The number of hydrogen-bond donors (Lipinski definition) is 0. The lowest BCUT2D eigenvalue weighted by Crippen LogP contribution is -2.27. The van der Waals surface area contributed by atoms with E-state index in [0.29, 0.717) is 11.3 Å². The molecule has 2 unspecified atom stereocenters. The minimum absolute atomic E-state index is 0.245. The van der Waals surface area contributed by atoms with E-state index in [1.54, 1.807) is 22.3 Å². The topological polar surface area (TPSA) is 0 Å². The monoisotopic (exact) mass is 306 g/mol. The van der Waals surface area contributed by atoms with Crippen LogP contribution >= 0.6 is 0 Å². The predicted molar refractivity (Wildman–Crippen MR) is 98.8 cm³/mol. The molecule has 2 atom stereocenters. The van der Waals surface area contributed by atoms with Gasteiger partial charge in [0.2, 0.25) is 0 Å². The van der Waals surface area contributed by atoms with Crippen molar-refractivity contribution in [1.29, 1.82) is 0 Å². The molecule has 0 amide bonds. The van der Waals surface area contributed by atoms with Gasteiger partial charge in [0.05, 0.1) is 0 Å². The molecule has 0 bridgehead atoms. The molecular formula is C23H30. The van der Waals surface area contributed by atoms with E-state index in [2.05, 4.69) is 71.9 Å². The number of hydrogen-bond acceptors (Lipinski definition) is 0. The summed E-state index contributed by atoms with van der Waals surface area (Å²) in [5.41, 5.74) is 8.96. The fourth-order valence-corrected chi connectivity index (χ4v) is 6.56. The van der Waals surface area contributed by atoms with Gasteiger partial charge < -0.3 is 0 Å². The van der Waals surface area contributed by atoms with Crippen LogP contribution in [0.1, 0.15) is 70.6 Å². The van der Waals surface area contributed by atoms with Crippen LogP contribution < -0.4 is 0 Å². The summed E-state index contributed by atoms with van der Waals surface area (Å²) in [5, 5.41) is 0. The first-order valence-corrected chi connectivity index (χ1v) is 9.21. The Morgan fingerprint density at radius 2 is 1.70 bits per heavy atom. The molecule has 23 heavy (non-hydrogen) atoms. The van der Waals surface area contributed by atoms with E-state index in [4.69, 9.17) is 0 Å². The Kier molecular flexibility index (Phi) is 2.92. The van der Waals surface area contributed by atoms with Crippen molar-refractivity contribution in [3.8, 4) is 0 Å². The van der Waals surface area contributed by atoms with E-state index >= 15 is 0 Å². The third-order valence-corrected chi connectivity index (χ3v) is 6.75. The Morgan fingerprint density at radius 1 is 1.00 bits per heavy atom. The zero-order valence-corrected chi connectivity index (χ0v) is 15.6. The van der Waals surface area contributed by atoms with Gasteiger partial charge in [-0.2, -0.15) is 0 Å². The van der Waals surface area contributed by atoms with Gasteiger partial charge in [-0.15, -0.1) is 0 Å². The second-order valence-corrected chi connectivity index (χ2v) is 9.57. The molecule has 0 heteroatoms. The van der Waals surface area contributed by atoms with Crippen LogP contribution in [0.4, 0.5) is 0 Å². The molecule has 0 radical (unpaired) electrons. The van der Waals surface area contributed by atoms with Crippen LogP contribution in [0.15, 0.2) is 41.5 Å². The third kappa shape index (κ3) is 1.84. The molecule has 1 spiro atoms. The predicted octanol–water partition coefficient (Wildman–Crippen LogP) is 6.24. The van der Waals surface area contributed by atoms with Crippen molar-refractivity contribution in [3.63, 3.8) is 0 Å². The Morgan fingerprint density at radius 3 is 2.43 bits per heavy atom. The molecule has 3 aliphatic rings. The first-order chi connectivity index (χ1) is 10.7. The van der Waals surface area contributed by atoms with Gasteiger partial charge in [-0.3, -0.25) is 0 Å². The van der Waals surface area contributed by atoms with Gasteiger partial charge >= 0.3 is 0 Å². The third-order valence-electron chi connectivity index (χ3n) is 6.75. The molecular weight excluding hydrogens is 276 g/mol. The van der Waals surface area contributed by atoms with Gasteiger partial charge in [0.25, 0.3) is 0 Å². The second kappa shape index (κ2) is 4.41. The molecule has 0 nitrogen and oxygen atoms in total. The first kappa shape index (κ1) is 15.2. The van der Waals surface area contributed by atoms with Crippen LogP contribution in [0, 0.1) is 18.3 Å². The van der Waals surface area contributed by atoms with Gasteiger partial charge in [0.1, 0.15) is 0 Å². The van der Waals surface area contributed by atoms with E-state index < -0.39 is 0 Å². The molecule has 1 aromatic carbocycles. The van der Waals surface area contributed by atoms with Crippen LogP contribution in [-0.2, 0) is 10.8 Å². The SMILES string of the molecule is Cc1cccc2c1C(C)(C)CC21CC(C)(C)C2=C1C=CCC2C. The molecule has 1 aromatic rings. The largest absolute Gasteiger partial charge is 0.0836 e. The molecule has 0 saturated carbocycles. The fourth-order valence-electron chi connectivity index (χ4n) is 6.56. The molecule has 0 heterocycles. The lowest BCUT2D eigenvalue weighted by atomic mass is 9.71. The van der Waals surface area contributed by atoms with Gasteiger partial charge in [-0.25, -0.2) is 0 Å².